The van der Waals surface area contributed by atoms with E-state index in [1.54, 1.807) is 12.1 Å². The summed E-state index contributed by atoms with van der Waals surface area (Å²) < 4.78 is 13.3. The van der Waals surface area contributed by atoms with E-state index in [0.717, 1.165) is 18.4 Å². The fourth-order valence-electron chi connectivity index (χ4n) is 2.21. The van der Waals surface area contributed by atoms with Gasteiger partial charge >= 0.3 is 5.97 Å². The molecule has 1 saturated carbocycles. The monoisotopic (exact) mass is 208 g/mol. The molecule has 1 N–H and O–H groups in total. The topological polar surface area (TPSA) is 37.3 Å². The van der Waals surface area contributed by atoms with Gasteiger partial charge in [-0.25, -0.2) is 4.39 Å². The van der Waals surface area contributed by atoms with Gasteiger partial charge in [-0.3, -0.25) is 4.79 Å². The molecule has 80 valence electrons. The first kappa shape index (κ1) is 10.1. The van der Waals surface area contributed by atoms with Crippen LogP contribution >= 0.6 is 0 Å². The van der Waals surface area contributed by atoms with E-state index in [9.17, 15) is 9.18 Å². The van der Waals surface area contributed by atoms with Crippen molar-refractivity contribution in [2.45, 2.75) is 25.2 Å². The number of hydrogen-bond donors (Lipinski definition) is 1. The van der Waals surface area contributed by atoms with Gasteiger partial charge in [-0.2, -0.15) is 0 Å². The Morgan fingerprint density at radius 3 is 2.67 bits per heavy atom. The molecule has 0 aromatic heterocycles. The Kier molecular flexibility index (Phi) is 2.71. The smallest absolute Gasteiger partial charge is 0.303 e. The molecule has 1 fully saturated rings. The summed E-state index contributed by atoms with van der Waals surface area (Å²) in [7, 11) is 0. The highest BCUT2D eigenvalue weighted by Crippen LogP contribution is 2.43. The number of carboxylic acids is 1. The van der Waals surface area contributed by atoms with Crippen LogP contribution in [0.3, 0.4) is 0 Å². The lowest BCUT2D eigenvalue weighted by Crippen LogP contribution is -2.24. The van der Waals surface area contributed by atoms with Crippen LogP contribution in [0.2, 0.25) is 0 Å². The average Bonchev–Trinajstić information content (AvgIpc) is 2.12. The van der Waals surface area contributed by atoms with Gasteiger partial charge in [0.15, 0.2) is 0 Å². The number of benzene rings is 1. The van der Waals surface area contributed by atoms with Crippen molar-refractivity contribution in [2.75, 3.05) is 0 Å². The Bertz CT molecular complexity index is 370. The maximum atomic E-state index is 13.3. The summed E-state index contributed by atoms with van der Waals surface area (Å²) in [5.74, 6) is -0.481. The molecule has 0 radical (unpaired) electrons. The third-order valence-corrected chi connectivity index (χ3v) is 3.04. The number of halogens is 1. The average molecular weight is 208 g/mol. The summed E-state index contributed by atoms with van der Waals surface area (Å²) in [6.07, 6.45) is 1.81. The van der Waals surface area contributed by atoms with E-state index < -0.39 is 5.97 Å². The molecule has 0 unspecified atom stereocenters. The molecule has 2 rings (SSSR count). The predicted octanol–water partition coefficient (Wildman–Crippen LogP) is 2.79. The molecule has 0 spiro atoms. The summed E-state index contributed by atoms with van der Waals surface area (Å²) in [6.45, 7) is 0. The molecule has 1 aromatic rings. The van der Waals surface area contributed by atoms with Crippen molar-refractivity contribution in [1.29, 1.82) is 0 Å². The third-order valence-electron chi connectivity index (χ3n) is 3.04. The summed E-state index contributed by atoms with van der Waals surface area (Å²) >= 11 is 0. The zero-order valence-electron chi connectivity index (χ0n) is 8.32. The van der Waals surface area contributed by atoms with Gasteiger partial charge < -0.3 is 5.11 Å². The molecule has 1 aromatic carbocycles. The van der Waals surface area contributed by atoms with Crippen molar-refractivity contribution in [3.63, 3.8) is 0 Å². The Balaban J connectivity index is 1.95. The highest BCUT2D eigenvalue weighted by molar-refractivity contribution is 5.67. The minimum Gasteiger partial charge on any atom is -0.481 e. The second-order valence-electron chi connectivity index (χ2n) is 4.15. The minimum atomic E-state index is -0.757. The largest absolute Gasteiger partial charge is 0.481 e. The number of carboxylic acid groups (broad SMARTS) is 1. The second kappa shape index (κ2) is 4.01. The molecule has 0 heterocycles. The number of aliphatic carboxylic acids is 1. The van der Waals surface area contributed by atoms with E-state index in [1.807, 2.05) is 6.07 Å². The van der Waals surface area contributed by atoms with E-state index in [1.165, 1.54) is 6.07 Å². The molecule has 3 heteroatoms. The summed E-state index contributed by atoms with van der Waals surface area (Å²) in [4.78, 5) is 10.4. The van der Waals surface area contributed by atoms with Crippen LogP contribution in [0.4, 0.5) is 4.39 Å². The van der Waals surface area contributed by atoms with E-state index >= 15 is 0 Å². The predicted molar refractivity (Wildman–Crippen MR) is 54.1 cm³/mol. The molecule has 0 saturated heterocycles. The summed E-state index contributed by atoms with van der Waals surface area (Å²) in [5, 5.41) is 8.59. The summed E-state index contributed by atoms with van der Waals surface area (Å²) in [6, 6.07) is 6.74. The molecule has 0 amide bonds. The highest BCUT2D eigenvalue weighted by atomic mass is 19.1. The quantitative estimate of drug-likeness (QED) is 0.829. The number of carbonyl (C=O) groups is 1. The van der Waals surface area contributed by atoms with Crippen molar-refractivity contribution in [1.82, 2.24) is 0 Å². The van der Waals surface area contributed by atoms with Gasteiger partial charge in [-0.15, -0.1) is 0 Å². The van der Waals surface area contributed by atoms with Crippen LogP contribution in [0, 0.1) is 11.7 Å². The van der Waals surface area contributed by atoms with Crippen LogP contribution in [0.15, 0.2) is 24.3 Å². The van der Waals surface area contributed by atoms with Crippen molar-refractivity contribution >= 4 is 5.97 Å². The van der Waals surface area contributed by atoms with Gasteiger partial charge in [0, 0.05) is 6.42 Å². The van der Waals surface area contributed by atoms with Gasteiger partial charge in [-0.05, 0) is 36.3 Å². The van der Waals surface area contributed by atoms with Crippen LogP contribution in [-0.2, 0) is 4.79 Å². The number of hydrogen-bond acceptors (Lipinski definition) is 1. The van der Waals surface area contributed by atoms with E-state index in [0.29, 0.717) is 0 Å². The Labute approximate surface area is 87.7 Å². The molecule has 1 aliphatic rings. The lowest BCUT2D eigenvalue weighted by molar-refractivity contribution is -0.138. The van der Waals surface area contributed by atoms with Crippen LogP contribution in [0.5, 0.6) is 0 Å². The van der Waals surface area contributed by atoms with E-state index in [4.69, 9.17) is 5.11 Å². The Morgan fingerprint density at radius 1 is 1.40 bits per heavy atom. The minimum absolute atomic E-state index is 0.170. The van der Waals surface area contributed by atoms with Gasteiger partial charge in [0.1, 0.15) is 5.82 Å². The fourth-order valence-corrected chi connectivity index (χ4v) is 2.21. The highest BCUT2D eigenvalue weighted by Gasteiger charge is 2.32. The summed E-state index contributed by atoms with van der Waals surface area (Å²) in [5.41, 5.74) is 0.735. The van der Waals surface area contributed by atoms with E-state index in [2.05, 4.69) is 0 Å². The van der Waals surface area contributed by atoms with Crippen molar-refractivity contribution < 1.29 is 14.3 Å². The zero-order valence-corrected chi connectivity index (χ0v) is 8.32. The molecule has 0 bridgehead atoms. The maximum absolute atomic E-state index is 13.3. The fraction of sp³-hybridized carbons (Fsp3) is 0.417. The van der Waals surface area contributed by atoms with Crippen LogP contribution in [0.25, 0.3) is 0 Å². The molecule has 2 nitrogen and oxygen atoms in total. The zero-order chi connectivity index (χ0) is 10.8. The first-order valence-corrected chi connectivity index (χ1v) is 5.13. The standard InChI is InChI=1S/C12H13FO2/c13-11-4-2-1-3-10(11)9-5-8(6-9)7-12(14)15/h1-4,8-9H,5-7H2,(H,14,15). The third kappa shape index (κ3) is 2.17. The molecular formula is C12H13FO2. The van der Waals surface area contributed by atoms with E-state index in [-0.39, 0.29) is 24.1 Å². The van der Waals surface area contributed by atoms with Gasteiger partial charge in [-0.1, -0.05) is 18.2 Å². The van der Waals surface area contributed by atoms with Gasteiger partial charge in [0.2, 0.25) is 0 Å². The Morgan fingerprint density at radius 2 is 2.07 bits per heavy atom. The molecule has 15 heavy (non-hydrogen) atoms. The van der Waals surface area contributed by atoms with Crippen LogP contribution < -0.4 is 0 Å². The normalized spacial score (nSPS) is 24.6. The molecule has 1 aliphatic carbocycles. The van der Waals surface area contributed by atoms with Crippen molar-refractivity contribution in [3.8, 4) is 0 Å². The SMILES string of the molecule is O=C(O)CC1CC(c2ccccc2F)C1. The Hall–Kier alpha value is -1.38. The first-order chi connectivity index (χ1) is 7.16. The first-order valence-electron chi connectivity index (χ1n) is 5.13. The lowest BCUT2D eigenvalue weighted by Gasteiger charge is -2.34. The lowest BCUT2D eigenvalue weighted by atomic mass is 9.70. The van der Waals surface area contributed by atoms with Crippen LogP contribution in [0.1, 0.15) is 30.7 Å². The van der Waals surface area contributed by atoms with Crippen molar-refractivity contribution in [3.05, 3.63) is 35.6 Å². The molecule has 0 aliphatic heterocycles. The number of rotatable bonds is 3. The van der Waals surface area contributed by atoms with Crippen LogP contribution in [-0.4, -0.2) is 11.1 Å². The maximum Gasteiger partial charge on any atom is 0.303 e. The molecule has 0 atom stereocenters. The van der Waals surface area contributed by atoms with Gasteiger partial charge in [0.25, 0.3) is 0 Å². The second-order valence-corrected chi connectivity index (χ2v) is 4.15. The molecular weight excluding hydrogens is 195 g/mol. The van der Waals surface area contributed by atoms with Crippen molar-refractivity contribution in [2.24, 2.45) is 5.92 Å². The van der Waals surface area contributed by atoms with Gasteiger partial charge in [0.05, 0.1) is 0 Å².